The average molecular weight is 254 g/mol. The smallest absolute Gasteiger partial charge is 0.227 e. The van der Waals surface area contributed by atoms with E-state index in [9.17, 15) is 9.90 Å². The van der Waals surface area contributed by atoms with Gasteiger partial charge in [-0.1, -0.05) is 26.2 Å². The molecule has 0 aromatic carbocycles. The number of carbonyl (C=O) groups is 1. The van der Waals surface area contributed by atoms with Crippen LogP contribution in [0.1, 0.15) is 51.9 Å². The van der Waals surface area contributed by atoms with Gasteiger partial charge in [0.15, 0.2) is 0 Å². The highest BCUT2D eigenvalue weighted by Crippen LogP contribution is 2.32. The summed E-state index contributed by atoms with van der Waals surface area (Å²) in [6.45, 7) is 4.26. The molecule has 2 aliphatic rings. The van der Waals surface area contributed by atoms with E-state index in [1.165, 1.54) is 0 Å². The fourth-order valence-corrected chi connectivity index (χ4v) is 3.39. The van der Waals surface area contributed by atoms with Crippen molar-refractivity contribution >= 4 is 5.91 Å². The summed E-state index contributed by atoms with van der Waals surface area (Å²) >= 11 is 0. The van der Waals surface area contributed by atoms with Crippen molar-refractivity contribution in [3.63, 3.8) is 0 Å². The summed E-state index contributed by atoms with van der Waals surface area (Å²) in [6.07, 6.45) is 6.69. The summed E-state index contributed by atoms with van der Waals surface area (Å²) in [7, 11) is 0. The zero-order valence-corrected chi connectivity index (χ0v) is 11.4. The lowest BCUT2D eigenvalue weighted by Gasteiger charge is -2.29. The minimum absolute atomic E-state index is 0.134. The Morgan fingerprint density at radius 2 is 2.06 bits per heavy atom. The van der Waals surface area contributed by atoms with Crippen LogP contribution in [-0.2, 0) is 4.79 Å². The second-order valence-electron chi connectivity index (χ2n) is 6.07. The summed E-state index contributed by atoms with van der Waals surface area (Å²) in [5, 5.41) is 16.6. The first-order chi connectivity index (χ1) is 8.60. The van der Waals surface area contributed by atoms with Gasteiger partial charge in [0.25, 0.3) is 0 Å². The number of hydrogen-bond donors (Lipinski definition) is 3. The molecule has 104 valence electrons. The molecule has 0 aromatic heterocycles. The third-order valence-corrected chi connectivity index (χ3v) is 4.57. The van der Waals surface area contributed by atoms with Crippen LogP contribution in [0.15, 0.2) is 0 Å². The number of rotatable bonds is 5. The molecule has 1 aliphatic carbocycles. The molecular formula is C14H26N2O2. The van der Waals surface area contributed by atoms with Crippen molar-refractivity contribution in [3.8, 4) is 0 Å². The summed E-state index contributed by atoms with van der Waals surface area (Å²) < 4.78 is 0. The molecule has 1 saturated heterocycles. The number of hydrogen-bond acceptors (Lipinski definition) is 3. The Bertz CT molecular complexity index is 292. The van der Waals surface area contributed by atoms with Crippen LogP contribution in [0.4, 0.5) is 0 Å². The van der Waals surface area contributed by atoms with Gasteiger partial charge in [0.1, 0.15) is 0 Å². The van der Waals surface area contributed by atoms with Crippen molar-refractivity contribution in [1.29, 1.82) is 0 Å². The van der Waals surface area contributed by atoms with E-state index in [4.69, 9.17) is 0 Å². The van der Waals surface area contributed by atoms with Crippen LogP contribution in [0.2, 0.25) is 0 Å². The molecule has 0 bridgehead atoms. The fourth-order valence-electron chi connectivity index (χ4n) is 3.39. The molecule has 18 heavy (non-hydrogen) atoms. The fraction of sp³-hybridized carbons (Fsp3) is 0.929. The third-order valence-electron chi connectivity index (χ3n) is 4.57. The van der Waals surface area contributed by atoms with Gasteiger partial charge in [0.05, 0.1) is 11.0 Å². The molecule has 1 unspecified atom stereocenters. The SMILES string of the molecule is CCCC1(C(=O)NCC2(O)CCCC2)CCNC1. The first-order valence-corrected chi connectivity index (χ1v) is 7.32. The number of aliphatic hydroxyl groups is 1. The molecule has 0 aromatic rings. The molecule has 1 amide bonds. The Morgan fingerprint density at radius 3 is 2.61 bits per heavy atom. The lowest BCUT2D eigenvalue weighted by molar-refractivity contribution is -0.131. The molecule has 0 spiro atoms. The summed E-state index contributed by atoms with van der Waals surface area (Å²) in [4.78, 5) is 12.4. The van der Waals surface area contributed by atoms with Crippen LogP contribution >= 0.6 is 0 Å². The van der Waals surface area contributed by atoms with Crippen molar-refractivity contribution in [2.75, 3.05) is 19.6 Å². The van der Waals surface area contributed by atoms with Gasteiger partial charge in [0.2, 0.25) is 5.91 Å². The molecule has 2 fully saturated rings. The topological polar surface area (TPSA) is 61.4 Å². The molecule has 2 rings (SSSR count). The van der Waals surface area contributed by atoms with E-state index in [2.05, 4.69) is 17.6 Å². The molecule has 3 N–H and O–H groups in total. The normalized spacial score (nSPS) is 30.6. The highest BCUT2D eigenvalue weighted by molar-refractivity contribution is 5.83. The Balaban J connectivity index is 1.89. The van der Waals surface area contributed by atoms with E-state index in [-0.39, 0.29) is 11.3 Å². The highest BCUT2D eigenvalue weighted by atomic mass is 16.3. The molecule has 4 heteroatoms. The van der Waals surface area contributed by atoms with E-state index < -0.39 is 5.60 Å². The van der Waals surface area contributed by atoms with Crippen molar-refractivity contribution in [2.24, 2.45) is 5.41 Å². The van der Waals surface area contributed by atoms with Gasteiger partial charge in [-0.05, 0) is 32.2 Å². The van der Waals surface area contributed by atoms with Crippen LogP contribution < -0.4 is 10.6 Å². The maximum Gasteiger partial charge on any atom is 0.227 e. The molecule has 0 radical (unpaired) electrons. The van der Waals surface area contributed by atoms with E-state index in [1.807, 2.05) is 0 Å². The number of carbonyl (C=O) groups excluding carboxylic acids is 1. The van der Waals surface area contributed by atoms with Crippen LogP contribution in [0.5, 0.6) is 0 Å². The van der Waals surface area contributed by atoms with Crippen LogP contribution in [-0.4, -0.2) is 36.2 Å². The first-order valence-electron chi connectivity index (χ1n) is 7.32. The zero-order chi connectivity index (χ0) is 13.1. The molecule has 1 atom stereocenters. The van der Waals surface area contributed by atoms with Crippen LogP contribution in [0.25, 0.3) is 0 Å². The van der Waals surface area contributed by atoms with Gasteiger partial charge < -0.3 is 15.7 Å². The predicted molar refractivity (Wildman–Crippen MR) is 71.3 cm³/mol. The highest BCUT2D eigenvalue weighted by Gasteiger charge is 2.41. The van der Waals surface area contributed by atoms with Gasteiger partial charge >= 0.3 is 0 Å². The molecule has 1 aliphatic heterocycles. The van der Waals surface area contributed by atoms with E-state index in [0.717, 1.165) is 58.0 Å². The van der Waals surface area contributed by atoms with Gasteiger partial charge in [0, 0.05) is 13.1 Å². The quantitative estimate of drug-likeness (QED) is 0.690. The van der Waals surface area contributed by atoms with E-state index in [1.54, 1.807) is 0 Å². The standard InChI is InChI=1S/C14H26N2O2/c1-2-5-13(8-9-15-10-13)12(17)16-11-14(18)6-3-4-7-14/h15,18H,2-11H2,1H3,(H,16,17). The van der Waals surface area contributed by atoms with Gasteiger partial charge in [-0.2, -0.15) is 0 Å². The minimum Gasteiger partial charge on any atom is -0.388 e. The van der Waals surface area contributed by atoms with Crippen molar-refractivity contribution < 1.29 is 9.90 Å². The Kier molecular flexibility index (Phi) is 4.28. The summed E-state index contributed by atoms with van der Waals surface area (Å²) in [5.41, 5.74) is -0.876. The largest absolute Gasteiger partial charge is 0.388 e. The number of amides is 1. The van der Waals surface area contributed by atoms with Gasteiger partial charge in [-0.3, -0.25) is 4.79 Å². The molecule has 1 saturated carbocycles. The van der Waals surface area contributed by atoms with Gasteiger partial charge in [-0.25, -0.2) is 0 Å². The van der Waals surface area contributed by atoms with E-state index in [0.29, 0.717) is 6.54 Å². The molecule has 1 heterocycles. The number of nitrogens with one attached hydrogen (secondary N) is 2. The zero-order valence-electron chi connectivity index (χ0n) is 11.4. The third kappa shape index (κ3) is 2.86. The van der Waals surface area contributed by atoms with E-state index >= 15 is 0 Å². The maximum absolute atomic E-state index is 12.4. The summed E-state index contributed by atoms with van der Waals surface area (Å²) in [5.74, 6) is 0.134. The Labute approximate surface area is 110 Å². The molecular weight excluding hydrogens is 228 g/mol. The lowest BCUT2D eigenvalue weighted by atomic mass is 9.81. The molecule has 4 nitrogen and oxygen atoms in total. The van der Waals surface area contributed by atoms with Gasteiger partial charge in [-0.15, -0.1) is 0 Å². The van der Waals surface area contributed by atoms with Crippen LogP contribution in [0.3, 0.4) is 0 Å². The van der Waals surface area contributed by atoms with Crippen molar-refractivity contribution in [3.05, 3.63) is 0 Å². The maximum atomic E-state index is 12.4. The first kappa shape index (κ1) is 13.8. The predicted octanol–water partition coefficient (Wildman–Crippen LogP) is 1.19. The lowest BCUT2D eigenvalue weighted by Crippen LogP contribution is -2.48. The summed E-state index contributed by atoms with van der Waals surface area (Å²) in [6, 6.07) is 0. The second kappa shape index (κ2) is 5.57. The minimum atomic E-state index is -0.644. The monoisotopic (exact) mass is 254 g/mol. The van der Waals surface area contributed by atoms with Crippen molar-refractivity contribution in [2.45, 2.75) is 57.5 Å². The van der Waals surface area contributed by atoms with Crippen molar-refractivity contribution in [1.82, 2.24) is 10.6 Å². The Morgan fingerprint density at radius 1 is 1.33 bits per heavy atom. The Hall–Kier alpha value is -0.610. The second-order valence-corrected chi connectivity index (χ2v) is 6.07. The van der Waals surface area contributed by atoms with Crippen LogP contribution in [0, 0.1) is 5.41 Å². The average Bonchev–Trinajstić information content (AvgIpc) is 2.97.